The third-order valence-electron chi connectivity index (χ3n) is 1.39. The molecule has 0 spiro atoms. The number of hydrogen-bond donors (Lipinski definition) is 0. The largest absolute Gasteiger partial charge is 0.210 e. The van der Waals surface area contributed by atoms with Gasteiger partial charge < -0.3 is 0 Å². The molecule has 0 aromatic heterocycles. The summed E-state index contributed by atoms with van der Waals surface area (Å²) in [4.78, 5) is 8.73. The summed E-state index contributed by atoms with van der Waals surface area (Å²) >= 11 is 6.46. The number of aliphatic imine (C=N–C) groups is 2. The topological polar surface area (TPSA) is 49.4 Å². The average molecular weight is 196 g/mol. The Morgan fingerprint density at radius 1 is 1.42 bits per heavy atom. The summed E-state index contributed by atoms with van der Waals surface area (Å²) in [5.41, 5.74) is 0.753. The number of amidine groups is 2. The molecule has 12 heavy (non-hydrogen) atoms. The van der Waals surface area contributed by atoms with Crippen molar-refractivity contribution in [2.75, 3.05) is 6.26 Å². The molecule has 0 saturated carbocycles. The number of fused-ring (bicyclic) bond motifs is 1. The van der Waals surface area contributed by atoms with Crippen LogP contribution in [-0.4, -0.2) is 22.2 Å². The predicted molar refractivity (Wildman–Crippen MR) is 53.9 cm³/mol. The lowest BCUT2D eigenvalue weighted by Crippen LogP contribution is -2.13. The second-order valence-electron chi connectivity index (χ2n) is 2.10. The summed E-state index contributed by atoms with van der Waals surface area (Å²) in [6.07, 6.45) is 3.48. The van der Waals surface area contributed by atoms with Gasteiger partial charge in [-0.05, 0) is 6.26 Å². The van der Waals surface area contributed by atoms with Crippen molar-refractivity contribution < 1.29 is 0 Å². The Hall–Kier alpha value is -0.880. The molecule has 0 aliphatic carbocycles. The number of nitrogens with zero attached hydrogens (tertiary/aromatic N) is 4. The fourth-order valence-electron chi connectivity index (χ4n) is 0.840. The van der Waals surface area contributed by atoms with Crippen LogP contribution in [0.1, 0.15) is 0 Å². The second-order valence-corrected chi connectivity index (χ2v) is 3.26. The van der Waals surface area contributed by atoms with E-state index in [1.807, 2.05) is 6.26 Å². The van der Waals surface area contributed by atoms with E-state index in [-0.39, 0.29) is 0 Å². The Kier molecular flexibility index (Phi) is 1.86. The molecule has 0 unspecified atom stereocenters. The molecule has 6 heteroatoms. The van der Waals surface area contributed by atoms with Crippen LogP contribution in [0.25, 0.3) is 0 Å². The Balaban J connectivity index is 2.45. The van der Waals surface area contributed by atoms with Crippen LogP contribution >= 0.6 is 24.0 Å². The molecular weight excluding hydrogens is 192 g/mol. The highest BCUT2D eigenvalue weighted by Crippen LogP contribution is 2.19. The smallest absolute Gasteiger partial charge is 0.190 e. The van der Waals surface area contributed by atoms with Gasteiger partial charge in [-0.3, -0.25) is 0 Å². The van der Waals surface area contributed by atoms with Gasteiger partial charge in [-0.15, -0.1) is 5.11 Å². The zero-order valence-corrected chi connectivity index (χ0v) is 7.82. The van der Waals surface area contributed by atoms with E-state index in [0.29, 0.717) is 16.0 Å². The van der Waals surface area contributed by atoms with Gasteiger partial charge >= 0.3 is 0 Å². The third-order valence-corrected chi connectivity index (χ3v) is 2.25. The second kappa shape index (κ2) is 2.87. The zero-order chi connectivity index (χ0) is 8.55. The van der Waals surface area contributed by atoms with Gasteiger partial charge in [0.15, 0.2) is 11.0 Å². The van der Waals surface area contributed by atoms with Crippen molar-refractivity contribution in [1.82, 2.24) is 0 Å². The van der Waals surface area contributed by atoms with Crippen LogP contribution in [0.4, 0.5) is 0 Å². The first-order valence-electron chi connectivity index (χ1n) is 3.18. The quantitative estimate of drug-likeness (QED) is 0.555. The average Bonchev–Trinajstić information content (AvgIpc) is 2.52. The van der Waals surface area contributed by atoms with Crippen LogP contribution in [0.5, 0.6) is 0 Å². The Bertz CT molecular complexity index is 364. The minimum Gasteiger partial charge on any atom is -0.210 e. The molecule has 4 nitrogen and oxygen atoms in total. The van der Waals surface area contributed by atoms with Crippen LogP contribution in [0.3, 0.4) is 0 Å². The van der Waals surface area contributed by atoms with Gasteiger partial charge in [0.05, 0.1) is 11.8 Å². The van der Waals surface area contributed by atoms with Crippen molar-refractivity contribution in [3.05, 3.63) is 11.8 Å². The molecule has 2 aliphatic heterocycles. The van der Waals surface area contributed by atoms with E-state index in [1.54, 1.807) is 6.20 Å². The van der Waals surface area contributed by atoms with E-state index in [9.17, 15) is 0 Å². The summed E-state index contributed by atoms with van der Waals surface area (Å²) in [5, 5.41) is 8.16. The monoisotopic (exact) mass is 196 g/mol. The molecule has 2 heterocycles. The highest BCUT2D eigenvalue weighted by Gasteiger charge is 2.21. The van der Waals surface area contributed by atoms with Gasteiger partial charge in [-0.25, -0.2) is 9.98 Å². The summed E-state index contributed by atoms with van der Waals surface area (Å²) < 4.78 is 0. The molecule has 0 atom stereocenters. The van der Waals surface area contributed by atoms with E-state index in [4.69, 9.17) is 12.2 Å². The number of hydrogen-bond acceptors (Lipinski definition) is 5. The van der Waals surface area contributed by atoms with Crippen LogP contribution < -0.4 is 0 Å². The van der Waals surface area contributed by atoms with Crippen LogP contribution in [0.15, 0.2) is 32.0 Å². The summed E-state index contributed by atoms with van der Waals surface area (Å²) in [5.74, 6) is 0.583. The first kappa shape index (κ1) is 7.75. The lowest BCUT2D eigenvalue weighted by atomic mass is 10.2. The molecule has 2 aliphatic rings. The van der Waals surface area contributed by atoms with Crippen molar-refractivity contribution in [1.29, 1.82) is 0 Å². The zero-order valence-electron chi connectivity index (χ0n) is 6.18. The fraction of sp³-hybridized carbons (Fsp3) is 0.167. The highest BCUT2D eigenvalue weighted by molar-refractivity contribution is 8.13. The molecule has 0 N–H and O–H groups in total. The van der Waals surface area contributed by atoms with Gasteiger partial charge in [0.1, 0.15) is 4.99 Å². The molecular formula is C6H4N4S2. The van der Waals surface area contributed by atoms with Crippen LogP contribution in [0, 0.1) is 0 Å². The molecule has 60 valence electrons. The molecule has 0 aromatic carbocycles. The van der Waals surface area contributed by atoms with E-state index in [0.717, 1.165) is 5.57 Å². The Morgan fingerprint density at radius 2 is 2.25 bits per heavy atom. The molecule has 0 bridgehead atoms. The Morgan fingerprint density at radius 3 is 3.00 bits per heavy atom. The summed E-state index contributed by atoms with van der Waals surface area (Å²) in [6, 6.07) is 0. The van der Waals surface area contributed by atoms with Crippen molar-refractivity contribution in [3.63, 3.8) is 0 Å². The SMILES string of the molecule is CSC1=NC(=S)C2=CN=NC2=N1. The fourth-order valence-corrected chi connectivity index (χ4v) is 1.49. The normalized spacial score (nSPS) is 20.1. The highest BCUT2D eigenvalue weighted by atomic mass is 32.2. The van der Waals surface area contributed by atoms with Gasteiger partial charge in [0.25, 0.3) is 0 Å². The maximum atomic E-state index is 5.02. The molecule has 0 aromatic rings. The third kappa shape index (κ3) is 1.12. The van der Waals surface area contributed by atoms with E-state index < -0.39 is 0 Å². The maximum absolute atomic E-state index is 5.02. The number of rotatable bonds is 0. The predicted octanol–water partition coefficient (Wildman–Crippen LogP) is 1.79. The van der Waals surface area contributed by atoms with Crippen molar-refractivity contribution >= 4 is 40.0 Å². The lowest BCUT2D eigenvalue weighted by molar-refractivity contribution is 1.32. The van der Waals surface area contributed by atoms with Gasteiger partial charge in [-0.2, -0.15) is 5.11 Å². The van der Waals surface area contributed by atoms with Crippen molar-refractivity contribution in [2.24, 2.45) is 20.2 Å². The van der Waals surface area contributed by atoms with Crippen molar-refractivity contribution in [3.8, 4) is 0 Å². The number of thiocarbonyl (C=S) groups is 1. The van der Waals surface area contributed by atoms with Crippen LogP contribution in [-0.2, 0) is 0 Å². The van der Waals surface area contributed by atoms with E-state index in [2.05, 4.69) is 20.2 Å². The first-order chi connectivity index (χ1) is 5.81. The minimum atomic E-state index is 0.523. The molecule has 0 fully saturated rings. The molecule has 0 amide bonds. The number of thioether (sulfide) groups is 1. The summed E-state index contributed by atoms with van der Waals surface area (Å²) in [7, 11) is 0. The lowest BCUT2D eigenvalue weighted by Gasteiger charge is -2.06. The molecule has 0 saturated heterocycles. The minimum absolute atomic E-state index is 0.523. The van der Waals surface area contributed by atoms with Crippen LogP contribution in [0.2, 0.25) is 0 Å². The first-order valence-corrected chi connectivity index (χ1v) is 4.81. The molecule has 2 rings (SSSR count). The Labute approximate surface area is 78.6 Å². The van der Waals surface area contributed by atoms with Gasteiger partial charge in [-0.1, -0.05) is 24.0 Å². The van der Waals surface area contributed by atoms with E-state index >= 15 is 0 Å². The van der Waals surface area contributed by atoms with Gasteiger partial charge in [0, 0.05) is 0 Å². The van der Waals surface area contributed by atoms with E-state index in [1.165, 1.54) is 11.8 Å². The molecule has 0 radical (unpaired) electrons. The maximum Gasteiger partial charge on any atom is 0.190 e. The summed E-state index contributed by atoms with van der Waals surface area (Å²) in [6.45, 7) is 0. The number of azo groups is 1. The standard InChI is InChI=1S/C6H4N4S2/c1-12-6-8-4-3(2-7-10-4)5(11)9-6/h2H,1H3. The van der Waals surface area contributed by atoms with Gasteiger partial charge in [0.2, 0.25) is 0 Å². The van der Waals surface area contributed by atoms with Crippen molar-refractivity contribution in [2.45, 2.75) is 0 Å².